The zero-order valence-corrected chi connectivity index (χ0v) is 11.7. The van der Waals surface area contributed by atoms with Crippen molar-refractivity contribution in [1.29, 1.82) is 0 Å². The minimum atomic E-state index is -0.0636. The number of nitrogens with one attached hydrogen (secondary N) is 2. The van der Waals surface area contributed by atoms with Crippen molar-refractivity contribution in [2.24, 2.45) is 10.7 Å². The molecule has 104 valence electrons. The molecule has 19 heavy (non-hydrogen) atoms. The minimum Gasteiger partial charge on any atom is -0.370 e. The molecule has 0 aliphatic carbocycles. The average Bonchev–Trinajstić information content (AvgIpc) is 2.34. The molecule has 0 fully saturated rings. The highest BCUT2D eigenvalue weighted by molar-refractivity contribution is 5.92. The number of guanidine groups is 1. The van der Waals surface area contributed by atoms with Crippen LogP contribution >= 0.6 is 0 Å². The van der Waals surface area contributed by atoms with Crippen molar-refractivity contribution in [1.82, 2.24) is 5.32 Å². The summed E-state index contributed by atoms with van der Waals surface area (Å²) in [6.45, 7) is 6.71. The van der Waals surface area contributed by atoms with Crippen molar-refractivity contribution in [2.45, 2.75) is 26.7 Å². The molecule has 0 aromatic heterocycles. The Labute approximate surface area is 114 Å². The second-order valence-electron chi connectivity index (χ2n) is 4.66. The van der Waals surface area contributed by atoms with Gasteiger partial charge in [-0.25, -0.2) is 0 Å². The maximum atomic E-state index is 10.7. The molecule has 0 saturated heterocycles. The summed E-state index contributed by atoms with van der Waals surface area (Å²) in [5.74, 6) is 0.761. The first-order valence-corrected chi connectivity index (χ1v) is 6.40. The molecular formula is C14H22N4O. The maximum absolute atomic E-state index is 10.7. The third kappa shape index (κ3) is 5.90. The summed E-state index contributed by atoms with van der Waals surface area (Å²) >= 11 is 0. The Bertz CT molecular complexity index is 455. The third-order valence-corrected chi connectivity index (χ3v) is 2.59. The largest absolute Gasteiger partial charge is 0.370 e. The van der Waals surface area contributed by atoms with Gasteiger partial charge >= 0.3 is 0 Å². The lowest BCUT2D eigenvalue weighted by Crippen LogP contribution is -2.27. The van der Waals surface area contributed by atoms with Gasteiger partial charge in [-0.05, 0) is 23.6 Å². The highest BCUT2D eigenvalue weighted by Gasteiger charge is 2.01. The van der Waals surface area contributed by atoms with Crippen LogP contribution in [0.15, 0.2) is 29.3 Å². The van der Waals surface area contributed by atoms with Crippen molar-refractivity contribution >= 4 is 17.6 Å². The van der Waals surface area contributed by atoms with E-state index in [0.29, 0.717) is 25.0 Å². The third-order valence-electron chi connectivity index (χ3n) is 2.59. The number of carbonyl (C=O) groups excluding carboxylic acids is 1. The van der Waals surface area contributed by atoms with Crippen LogP contribution in [0.2, 0.25) is 0 Å². The molecule has 0 heterocycles. The van der Waals surface area contributed by atoms with Crippen molar-refractivity contribution in [3.05, 3.63) is 29.8 Å². The number of nitrogens with zero attached hydrogens (tertiary/aromatic N) is 1. The molecule has 1 aromatic rings. The van der Waals surface area contributed by atoms with E-state index in [1.165, 1.54) is 12.5 Å². The van der Waals surface area contributed by atoms with Gasteiger partial charge in [0.05, 0.1) is 6.54 Å². The average molecular weight is 262 g/mol. The Morgan fingerprint density at radius 3 is 2.79 bits per heavy atom. The fourth-order valence-electron chi connectivity index (χ4n) is 1.57. The van der Waals surface area contributed by atoms with Gasteiger partial charge in [0.25, 0.3) is 0 Å². The smallest absolute Gasteiger partial charge is 0.216 e. The molecule has 1 rings (SSSR count). The molecule has 0 spiro atoms. The highest BCUT2D eigenvalue weighted by atomic mass is 16.1. The lowest BCUT2D eigenvalue weighted by Gasteiger charge is -2.10. The van der Waals surface area contributed by atoms with Crippen LogP contribution in [0, 0.1) is 0 Å². The van der Waals surface area contributed by atoms with Crippen LogP contribution in [0.4, 0.5) is 5.69 Å². The Morgan fingerprint density at radius 1 is 1.42 bits per heavy atom. The molecule has 5 heteroatoms. The van der Waals surface area contributed by atoms with E-state index in [0.717, 1.165) is 5.69 Å². The predicted octanol–water partition coefficient (Wildman–Crippen LogP) is 1.67. The highest BCUT2D eigenvalue weighted by Crippen LogP contribution is 2.18. The normalized spacial score (nSPS) is 11.5. The Morgan fingerprint density at radius 2 is 2.16 bits per heavy atom. The van der Waals surface area contributed by atoms with Gasteiger partial charge in [0.1, 0.15) is 0 Å². The Kier molecular flexibility index (Phi) is 5.85. The van der Waals surface area contributed by atoms with Gasteiger partial charge in [-0.2, -0.15) is 0 Å². The molecule has 0 radical (unpaired) electrons. The molecule has 0 aliphatic rings. The zero-order valence-electron chi connectivity index (χ0n) is 11.7. The first-order valence-electron chi connectivity index (χ1n) is 6.40. The van der Waals surface area contributed by atoms with Crippen LogP contribution < -0.4 is 16.4 Å². The summed E-state index contributed by atoms with van der Waals surface area (Å²) in [7, 11) is 0. The predicted molar refractivity (Wildman–Crippen MR) is 79.3 cm³/mol. The van der Waals surface area contributed by atoms with Crippen LogP contribution in [0.3, 0.4) is 0 Å². The number of amides is 1. The van der Waals surface area contributed by atoms with E-state index in [1.807, 2.05) is 12.1 Å². The summed E-state index contributed by atoms with van der Waals surface area (Å²) in [6, 6.07) is 8.07. The van der Waals surface area contributed by atoms with Crippen molar-refractivity contribution in [3.8, 4) is 0 Å². The van der Waals surface area contributed by atoms with Crippen LogP contribution in [-0.4, -0.2) is 25.0 Å². The fraction of sp³-hybridized carbons (Fsp3) is 0.429. The summed E-state index contributed by atoms with van der Waals surface area (Å²) in [5, 5.41) is 5.70. The Hall–Kier alpha value is -2.04. The summed E-state index contributed by atoms with van der Waals surface area (Å²) in [5.41, 5.74) is 7.94. The first-order chi connectivity index (χ1) is 8.99. The van der Waals surface area contributed by atoms with E-state index in [1.54, 1.807) is 0 Å². The van der Waals surface area contributed by atoms with Gasteiger partial charge in [-0.15, -0.1) is 0 Å². The monoisotopic (exact) mass is 262 g/mol. The molecule has 0 aliphatic heterocycles. The summed E-state index contributed by atoms with van der Waals surface area (Å²) in [6.07, 6.45) is 0. The maximum Gasteiger partial charge on any atom is 0.216 e. The number of hydrogen-bond acceptors (Lipinski definition) is 2. The van der Waals surface area contributed by atoms with E-state index in [-0.39, 0.29) is 5.91 Å². The first kappa shape index (κ1) is 15.0. The quantitative estimate of drug-likeness (QED) is 0.429. The number of aliphatic imine (C=N–C) groups is 1. The van der Waals surface area contributed by atoms with Crippen LogP contribution in [0.25, 0.3) is 0 Å². The van der Waals surface area contributed by atoms with Crippen molar-refractivity contribution in [3.63, 3.8) is 0 Å². The number of hydrogen-bond donors (Lipinski definition) is 3. The van der Waals surface area contributed by atoms with Gasteiger partial charge in [0.15, 0.2) is 5.96 Å². The number of nitrogens with two attached hydrogens (primary N) is 1. The zero-order chi connectivity index (χ0) is 14.3. The van der Waals surface area contributed by atoms with Gasteiger partial charge in [0, 0.05) is 19.2 Å². The molecule has 1 aromatic carbocycles. The topological polar surface area (TPSA) is 79.5 Å². The molecule has 0 unspecified atom stereocenters. The molecule has 0 atom stereocenters. The molecule has 1 amide bonds. The van der Waals surface area contributed by atoms with Crippen molar-refractivity contribution < 1.29 is 4.79 Å². The lowest BCUT2D eigenvalue weighted by molar-refractivity contribution is -0.118. The Balaban J connectivity index is 2.51. The molecule has 4 N–H and O–H groups in total. The SMILES string of the molecule is CC(=O)NCCN=C(N)Nc1cccc(C(C)C)c1. The van der Waals surface area contributed by atoms with Crippen LogP contribution in [0.5, 0.6) is 0 Å². The second kappa shape index (κ2) is 7.41. The molecule has 0 saturated carbocycles. The fourth-order valence-corrected chi connectivity index (χ4v) is 1.57. The molecule has 5 nitrogen and oxygen atoms in total. The number of anilines is 1. The van der Waals surface area contributed by atoms with Crippen LogP contribution in [0.1, 0.15) is 32.3 Å². The summed E-state index contributed by atoms with van der Waals surface area (Å²) < 4.78 is 0. The standard InChI is InChI=1S/C14H22N4O/c1-10(2)12-5-4-6-13(9-12)18-14(15)17-8-7-16-11(3)19/h4-6,9-10H,7-8H2,1-3H3,(H,16,19)(H3,15,17,18). The van der Waals surface area contributed by atoms with Crippen LogP contribution in [-0.2, 0) is 4.79 Å². The van der Waals surface area contributed by atoms with Crippen molar-refractivity contribution in [2.75, 3.05) is 18.4 Å². The number of benzene rings is 1. The number of rotatable bonds is 5. The molecule has 0 bridgehead atoms. The van der Waals surface area contributed by atoms with Gasteiger partial charge in [0.2, 0.25) is 5.91 Å². The van der Waals surface area contributed by atoms with Gasteiger partial charge in [-0.3, -0.25) is 9.79 Å². The molecular weight excluding hydrogens is 240 g/mol. The van der Waals surface area contributed by atoms with E-state index < -0.39 is 0 Å². The van der Waals surface area contributed by atoms with E-state index >= 15 is 0 Å². The summed E-state index contributed by atoms with van der Waals surface area (Å²) in [4.78, 5) is 14.8. The number of carbonyl (C=O) groups is 1. The van der Waals surface area contributed by atoms with E-state index in [4.69, 9.17) is 5.73 Å². The minimum absolute atomic E-state index is 0.0636. The van der Waals surface area contributed by atoms with E-state index in [2.05, 4.69) is 41.6 Å². The van der Waals surface area contributed by atoms with E-state index in [9.17, 15) is 4.79 Å². The second-order valence-corrected chi connectivity index (χ2v) is 4.66. The van der Waals surface area contributed by atoms with Gasteiger partial charge in [-0.1, -0.05) is 26.0 Å². The van der Waals surface area contributed by atoms with Gasteiger partial charge < -0.3 is 16.4 Å². The lowest BCUT2D eigenvalue weighted by atomic mass is 10.0.